The van der Waals surface area contributed by atoms with Gasteiger partial charge in [-0.15, -0.1) is 0 Å². The summed E-state index contributed by atoms with van der Waals surface area (Å²) in [4.78, 5) is 0. The minimum Gasteiger partial charge on any atom is -0.497 e. The van der Waals surface area contributed by atoms with Crippen molar-refractivity contribution in [2.75, 3.05) is 7.11 Å². The molecule has 0 spiro atoms. The van der Waals surface area contributed by atoms with Gasteiger partial charge < -0.3 is 10.5 Å². The molecular formula is C15H16FNO. The fourth-order valence-electron chi connectivity index (χ4n) is 1.96. The van der Waals surface area contributed by atoms with Crippen molar-refractivity contribution in [2.45, 2.75) is 13.5 Å². The molecule has 0 aliphatic heterocycles. The molecule has 3 heteroatoms. The largest absolute Gasteiger partial charge is 0.497 e. The molecule has 2 N–H and O–H groups in total. The van der Waals surface area contributed by atoms with E-state index in [9.17, 15) is 4.39 Å². The summed E-state index contributed by atoms with van der Waals surface area (Å²) in [6.07, 6.45) is 0. The lowest BCUT2D eigenvalue weighted by Gasteiger charge is -2.11. The number of hydrogen-bond acceptors (Lipinski definition) is 2. The SMILES string of the molecule is COc1ccc(-c2cc(C)ccc2CN)c(F)c1. The summed E-state index contributed by atoms with van der Waals surface area (Å²) in [6, 6.07) is 10.7. The maximum Gasteiger partial charge on any atom is 0.134 e. The van der Waals surface area contributed by atoms with Crippen LogP contribution in [-0.4, -0.2) is 7.11 Å². The third-order valence-electron chi connectivity index (χ3n) is 2.95. The number of benzene rings is 2. The molecule has 0 unspecified atom stereocenters. The van der Waals surface area contributed by atoms with Crippen molar-refractivity contribution >= 4 is 0 Å². The third kappa shape index (κ3) is 2.36. The molecule has 94 valence electrons. The van der Waals surface area contributed by atoms with Gasteiger partial charge in [0.05, 0.1) is 7.11 Å². The Morgan fingerprint density at radius 1 is 1.11 bits per heavy atom. The van der Waals surface area contributed by atoms with Crippen LogP contribution in [0.1, 0.15) is 11.1 Å². The van der Waals surface area contributed by atoms with Crippen molar-refractivity contribution in [1.29, 1.82) is 0 Å². The van der Waals surface area contributed by atoms with Crippen LogP contribution in [0.5, 0.6) is 5.75 Å². The van der Waals surface area contributed by atoms with Gasteiger partial charge in [0.2, 0.25) is 0 Å². The molecule has 0 bridgehead atoms. The highest BCUT2D eigenvalue weighted by Gasteiger charge is 2.10. The number of aryl methyl sites for hydroxylation is 1. The molecule has 0 aliphatic carbocycles. The number of ether oxygens (including phenoxy) is 1. The Bertz CT molecular complexity index is 566. The molecule has 2 rings (SSSR count). The Labute approximate surface area is 106 Å². The van der Waals surface area contributed by atoms with Crippen molar-refractivity contribution in [3.63, 3.8) is 0 Å². The van der Waals surface area contributed by atoms with Crippen LogP contribution in [0.2, 0.25) is 0 Å². The zero-order chi connectivity index (χ0) is 13.1. The van der Waals surface area contributed by atoms with Crippen molar-refractivity contribution in [2.24, 2.45) is 5.73 Å². The molecule has 0 fully saturated rings. The summed E-state index contributed by atoms with van der Waals surface area (Å²) in [5, 5.41) is 0. The molecular weight excluding hydrogens is 229 g/mol. The number of hydrogen-bond donors (Lipinski definition) is 1. The molecule has 0 amide bonds. The van der Waals surface area contributed by atoms with Gasteiger partial charge >= 0.3 is 0 Å². The van der Waals surface area contributed by atoms with Gasteiger partial charge in [-0.2, -0.15) is 0 Å². The van der Waals surface area contributed by atoms with E-state index in [1.807, 2.05) is 25.1 Å². The fraction of sp³-hybridized carbons (Fsp3) is 0.200. The Kier molecular flexibility index (Phi) is 3.63. The van der Waals surface area contributed by atoms with Gasteiger partial charge in [0.25, 0.3) is 0 Å². The number of halogens is 1. The summed E-state index contributed by atoms with van der Waals surface area (Å²) in [5.41, 5.74) is 9.11. The monoisotopic (exact) mass is 245 g/mol. The fourth-order valence-corrected chi connectivity index (χ4v) is 1.96. The highest BCUT2D eigenvalue weighted by molar-refractivity contribution is 5.69. The zero-order valence-corrected chi connectivity index (χ0v) is 10.5. The van der Waals surface area contributed by atoms with E-state index >= 15 is 0 Å². The number of rotatable bonds is 3. The van der Waals surface area contributed by atoms with Crippen LogP contribution < -0.4 is 10.5 Å². The number of methoxy groups -OCH3 is 1. The maximum absolute atomic E-state index is 14.1. The summed E-state index contributed by atoms with van der Waals surface area (Å²) < 4.78 is 19.1. The zero-order valence-electron chi connectivity index (χ0n) is 10.5. The van der Waals surface area contributed by atoms with E-state index in [-0.39, 0.29) is 5.82 Å². The molecule has 2 aromatic rings. The van der Waals surface area contributed by atoms with Gasteiger partial charge in [0, 0.05) is 18.2 Å². The second kappa shape index (κ2) is 5.19. The minimum absolute atomic E-state index is 0.297. The topological polar surface area (TPSA) is 35.2 Å². The van der Waals surface area contributed by atoms with Crippen LogP contribution in [0.3, 0.4) is 0 Å². The lowest BCUT2D eigenvalue weighted by Crippen LogP contribution is -2.00. The van der Waals surface area contributed by atoms with E-state index in [1.54, 1.807) is 12.1 Å². The smallest absolute Gasteiger partial charge is 0.134 e. The Morgan fingerprint density at radius 2 is 1.89 bits per heavy atom. The first-order valence-corrected chi connectivity index (χ1v) is 5.79. The summed E-state index contributed by atoms with van der Waals surface area (Å²) >= 11 is 0. The van der Waals surface area contributed by atoms with E-state index in [4.69, 9.17) is 10.5 Å². The normalized spacial score (nSPS) is 10.4. The van der Waals surface area contributed by atoms with Gasteiger partial charge in [0.15, 0.2) is 0 Å². The molecule has 0 aliphatic rings. The molecule has 0 saturated carbocycles. The molecule has 2 nitrogen and oxygen atoms in total. The first-order valence-electron chi connectivity index (χ1n) is 5.79. The van der Waals surface area contributed by atoms with Gasteiger partial charge in [-0.25, -0.2) is 4.39 Å². The van der Waals surface area contributed by atoms with Crippen LogP contribution in [0.25, 0.3) is 11.1 Å². The lowest BCUT2D eigenvalue weighted by atomic mass is 9.97. The van der Waals surface area contributed by atoms with E-state index in [0.717, 1.165) is 16.7 Å². The highest BCUT2D eigenvalue weighted by Crippen LogP contribution is 2.29. The summed E-state index contributed by atoms with van der Waals surface area (Å²) in [6.45, 7) is 2.37. The predicted molar refractivity (Wildman–Crippen MR) is 71.0 cm³/mol. The standard InChI is InChI=1S/C15H16FNO/c1-10-3-4-11(9-17)14(7-10)13-6-5-12(18-2)8-15(13)16/h3-8H,9,17H2,1-2H3. The quantitative estimate of drug-likeness (QED) is 0.900. The first-order chi connectivity index (χ1) is 8.65. The first kappa shape index (κ1) is 12.6. The number of nitrogens with two attached hydrogens (primary N) is 1. The highest BCUT2D eigenvalue weighted by atomic mass is 19.1. The summed E-state index contributed by atoms with van der Waals surface area (Å²) in [5.74, 6) is 0.216. The molecule has 0 radical (unpaired) electrons. The van der Waals surface area contributed by atoms with Gasteiger partial charge in [-0.1, -0.05) is 23.8 Å². The second-order valence-electron chi connectivity index (χ2n) is 4.21. The average molecular weight is 245 g/mol. The lowest BCUT2D eigenvalue weighted by molar-refractivity contribution is 0.411. The van der Waals surface area contributed by atoms with Gasteiger partial charge in [-0.3, -0.25) is 0 Å². The molecule has 0 aromatic heterocycles. The van der Waals surface area contributed by atoms with E-state index in [2.05, 4.69) is 0 Å². The maximum atomic E-state index is 14.1. The van der Waals surface area contributed by atoms with Crippen LogP contribution in [0.4, 0.5) is 4.39 Å². The Balaban J connectivity index is 2.57. The van der Waals surface area contributed by atoms with Gasteiger partial charge in [-0.05, 0) is 30.2 Å². The predicted octanol–water partition coefficient (Wildman–Crippen LogP) is 3.27. The molecule has 0 heterocycles. The molecule has 2 aromatic carbocycles. The summed E-state index contributed by atoms with van der Waals surface area (Å²) in [7, 11) is 1.52. The van der Waals surface area contributed by atoms with Crippen molar-refractivity contribution in [1.82, 2.24) is 0 Å². The van der Waals surface area contributed by atoms with Crippen LogP contribution in [-0.2, 0) is 6.54 Å². The second-order valence-corrected chi connectivity index (χ2v) is 4.21. The van der Waals surface area contributed by atoms with E-state index < -0.39 is 0 Å². The minimum atomic E-state index is -0.297. The Morgan fingerprint density at radius 3 is 2.50 bits per heavy atom. The van der Waals surface area contributed by atoms with Crippen molar-refractivity contribution in [3.8, 4) is 16.9 Å². The molecule has 0 saturated heterocycles. The average Bonchev–Trinajstić information content (AvgIpc) is 2.38. The van der Waals surface area contributed by atoms with Crippen LogP contribution in [0, 0.1) is 12.7 Å². The van der Waals surface area contributed by atoms with Crippen LogP contribution in [0.15, 0.2) is 36.4 Å². The van der Waals surface area contributed by atoms with E-state index in [1.165, 1.54) is 13.2 Å². The van der Waals surface area contributed by atoms with Crippen molar-refractivity contribution in [3.05, 3.63) is 53.3 Å². The van der Waals surface area contributed by atoms with Crippen molar-refractivity contribution < 1.29 is 9.13 Å². The third-order valence-corrected chi connectivity index (χ3v) is 2.95. The molecule has 0 atom stereocenters. The Hall–Kier alpha value is -1.87. The van der Waals surface area contributed by atoms with E-state index in [0.29, 0.717) is 17.9 Å². The van der Waals surface area contributed by atoms with Crippen LogP contribution >= 0.6 is 0 Å². The van der Waals surface area contributed by atoms with Gasteiger partial charge in [0.1, 0.15) is 11.6 Å². The molecule has 18 heavy (non-hydrogen) atoms.